The Kier molecular flexibility index (Phi) is 30.0. The van der Waals surface area contributed by atoms with Crippen LogP contribution in [0.15, 0.2) is 0 Å². The average molecular weight is 336 g/mol. The van der Waals surface area contributed by atoms with Gasteiger partial charge in [-0.2, -0.15) is 0 Å². The number of ether oxygens (including phenoxy) is 2. The number of rotatable bonds is 0. The number of aliphatic hydroxyl groups is 2. The second-order valence-corrected chi connectivity index (χ2v) is 3.36. The first-order chi connectivity index (χ1) is 8.00. The van der Waals surface area contributed by atoms with Crippen LogP contribution in [-0.4, -0.2) is 45.1 Å². The van der Waals surface area contributed by atoms with E-state index in [-0.39, 0.29) is 10.3 Å². The lowest BCUT2D eigenvalue weighted by atomic mass is 11.3. The van der Waals surface area contributed by atoms with Crippen LogP contribution in [0, 0.1) is 0 Å². The summed E-state index contributed by atoms with van der Waals surface area (Å²) in [7, 11) is 2.87. The molecule has 0 amide bonds. The SMILES string of the molecule is COC(N)=S.COC(N)=S.NC(O)=S.NC(O)=S. The van der Waals surface area contributed by atoms with Crippen molar-refractivity contribution in [2.75, 3.05) is 14.2 Å². The van der Waals surface area contributed by atoms with Gasteiger partial charge in [-0.05, 0) is 48.9 Å². The Bertz CT molecular complexity index is 230. The third-order valence-electron chi connectivity index (χ3n) is 0.402. The molecule has 0 fully saturated rings. The van der Waals surface area contributed by atoms with E-state index in [0.29, 0.717) is 0 Å². The fourth-order valence-electron chi connectivity index (χ4n) is 0. The molecule has 0 aliphatic carbocycles. The van der Waals surface area contributed by atoms with Crippen molar-refractivity contribution in [3.05, 3.63) is 0 Å². The minimum absolute atomic E-state index is 0.0880. The highest BCUT2D eigenvalue weighted by Gasteiger charge is 1.69. The highest BCUT2D eigenvalue weighted by atomic mass is 32.1. The second-order valence-electron chi connectivity index (χ2n) is 1.72. The Morgan fingerprint density at radius 2 is 0.778 bits per heavy atom. The molecule has 0 saturated heterocycles. The highest BCUT2D eigenvalue weighted by molar-refractivity contribution is 7.80. The van der Waals surface area contributed by atoms with Crippen LogP contribution in [0.3, 0.4) is 0 Å². The summed E-state index contributed by atoms with van der Waals surface area (Å²) >= 11 is 16.2. The molecule has 0 aliphatic rings. The molecule has 0 aliphatic heterocycles. The monoisotopic (exact) mass is 336 g/mol. The van der Waals surface area contributed by atoms with Gasteiger partial charge in [0.2, 0.25) is 0 Å². The van der Waals surface area contributed by atoms with Gasteiger partial charge in [0.25, 0.3) is 20.7 Å². The molecular weight excluding hydrogens is 320 g/mol. The van der Waals surface area contributed by atoms with Gasteiger partial charge >= 0.3 is 0 Å². The van der Waals surface area contributed by atoms with Gasteiger partial charge in [-0.25, -0.2) is 0 Å². The zero-order valence-electron chi connectivity index (χ0n) is 9.65. The summed E-state index contributed by atoms with van der Waals surface area (Å²) in [6.45, 7) is 0. The number of hydrogen-bond acceptors (Lipinski definition) is 6. The molecule has 0 rings (SSSR count). The fourth-order valence-corrected chi connectivity index (χ4v) is 0. The van der Waals surface area contributed by atoms with Gasteiger partial charge in [-0.1, -0.05) is 0 Å². The molecule has 0 atom stereocenters. The lowest BCUT2D eigenvalue weighted by Crippen LogP contribution is -2.08. The van der Waals surface area contributed by atoms with Crippen molar-refractivity contribution in [2.45, 2.75) is 0 Å². The van der Waals surface area contributed by atoms with E-state index < -0.39 is 10.3 Å². The number of methoxy groups -OCH3 is 2. The molecule has 0 spiro atoms. The van der Waals surface area contributed by atoms with Crippen LogP contribution in [0.1, 0.15) is 0 Å². The van der Waals surface area contributed by atoms with Gasteiger partial charge < -0.3 is 42.6 Å². The molecule has 0 aromatic rings. The summed E-state index contributed by atoms with van der Waals surface area (Å²) in [4.78, 5) is 0. The van der Waals surface area contributed by atoms with E-state index in [1.807, 2.05) is 0 Å². The lowest BCUT2D eigenvalue weighted by molar-refractivity contribution is 0.408. The van der Waals surface area contributed by atoms with Crippen molar-refractivity contribution >= 4 is 69.6 Å². The van der Waals surface area contributed by atoms with Crippen LogP contribution in [0.25, 0.3) is 0 Å². The predicted molar refractivity (Wildman–Crippen MR) is 86.4 cm³/mol. The molecule has 0 aromatic heterocycles. The molecule has 12 heteroatoms. The quantitative estimate of drug-likeness (QED) is 0.310. The fraction of sp³-hybridized carbons (Fsp3) is 0.333. The van der Waals surface area contributed by atoms with Crippen molar-refractivity contribution in [2.24, 2.45) is 22.9 Å². The van der Waals surface area contributed by atoms with Crippen molar-refractivity contribution in [3.63, 3.8) is 0 Å². The third kappa shape index (κ3) is 367. The Labute approximate surface area is 126 Å². The van der Waals surface area contributed by atoms with E-state index in [1.165, 1.54) is 14.2 Å². The van der Waals surface area contributed by atoms with E-state index in [1.54, 1.807) is 0 Å². The van der Waals surface area contributed by atoms with Crippen LogP contribution >= 0.6 is 48.9 Å². The largest absolute Gasteiger partial charge is 0.487 e. The molecule has 0 unspecified atom stereocenters. The van der Waals surface area contributed by atoms with Crippen LogP contribution in [-0.2, 0) is 9.47 Å². The lowest BCUT2D eigenvalue weighted by Gasteiger charge is -1.85. The maximum Gasteiger partial charge on any atom is 0.253 e. The molecule has 108 valence electrons. The van der Waals surface area contributed by atoms with E-state index in [9.17, 15) is 0 Å². The normalized spacial score (nSPS) is 6.33. The number of hydrogen-bond donors (Lipinski definition) is 6. The van der Waals surface area contributed by atoms with Crippen LogP contribution in [0.2, 0.25) is 0 Å². The Morgan fingerprint density at radius 1 is 0.722 bits per heavy atom. The Balaban J connectivity index is -0.0000000731. The molecule has 0 aromatic carbocycles. The van der Waals surface area contributed by atoms with Crippen LogP contribution in [0.5, 0.6) is 0 Å². The van der Waals surface area contributed by atoms with Crippen molar-refractivity contribution in [1.82, 2.24) is 0 Å². The second kappa shape index (κ2) is 21.1. The number of thiocarbonyl (C=S) groups is 4. The zero-order chi connectivity index (χ0) is 15.7. The smallest absolute Gasteiger partial charge is 0.253 e. The van der Waals surface area contributed by atoms with Gasteiger partial charge in [-0.3, -0.25) is 0 Å². The first-order valence-electron chi connectivity index (χ1n) is 3.64. The summed E-state index contributed by atoms with van der Waals surface area (Å²) in [5.41, 5.74) is 18.4. The molecule has 0 radical (unpaired) electrons. The van der Waals surface area contributed by atoms with Gasteiger partial charge in [0, 0.05) is 0 Å². The molecule has 18 heavy (non-hydrogen) atoms. The predicted octanol–water partition coefficient (Wildman–Crippen LogP) is -0.671. The zero-order valence-corrected chi connectivity index (χ0v) is 12.9. The van der Waals surface area contributed by atoms with Gasteiger partial charge in [0.05, 0.1) is 14.2 Å². The summed E-state index contributed by atoms with van der Waals surface area (Å²) in [6.07, 6.45) is 0. The van der Waals surface area contributed by atoms with Crippen LogP contribution < -0.4 is 22.9 Å². The first kappa shape index (κ1) is 25.6. The standard InChI is InChI=1S/2C2H5NOS.2CH3NOS/c2*1-4-2(3)5;2*2-1(3)4/h2*1H3,(H2,3,5);2*(H3,2,3,4). The molecule has 0 bridgehead atoms. The van der Waals surface area contributed by atoms with E-state index >= 15 is 0 Å². The Morgan fingerprint density at radius 3 is 0.778 bits per heavy atom. The minimum atomic E-state index is -0.500. The maximum absolute atomic E-state index is 7.56. The topological polar surface area (TPSA) is 163 Å². The highest BCUT2D eigenvalue weighted by Crippen LogP contribution is 1.58. The van der Waals surface area contributed by atoms with Gasteiger partial charge in [-0.15, -0.1) is 0 Å². The van der Waals surface area contributed by atoms with Crippen molar-refractivity contribution < 1.29 is 19.7 Å². The first-order valence-corrected chi connectivity index (χ1v) is 5.28. The molecular formula is C6H16N4O4S4. The summed E-state index contributed by atoms with van der Waals surface area (Å²) < 4.78 is 8.52. The number of nitrogens with two attached hydrogens (primary N) is 4. The van der Waals surface area contributed by atoms with E-state index in [0.717, 1.165) is 0 Å². The molecule has 10 N–H and O–H groups in total. The summed E-state index contributed by atoms with van der Waals surface area (Å²) in [5.74, 6) is 0. The molecule has 0 heterocycles. The van der Waals surface area contributed by atoms with E-state index in [4.69, 9.17) is 21.7 Å². The summed E-state index contributed by atoms with van der Waals surface area (Å²) in [6, 6.07) is 0. The van der Waals surface area contributed by atoms with Crippen molar-refractivity contribution in [1.29, 1.82) is 0 Å². The average Bonchev–Trinajstić information content (AvgIpc) is 2.16. The Hall–Kier alpha value is -1.24. The number of aliphatic hydroxyl groups excluding tert-OH is 2. The van der Waals surface area contributed by atoms with Gasteiger partial charge in [0.1, 0.15) is 0 Å². The van der Waals surface area contributed by atoms with Crippen molar-refractivity contribution in [3.8, 4) is 0 Å². The molecule has 8 nitrogen and oxygen atoms in total. The van der Waals surface area contributed by atoms with Crippen LogP contribution in [0.4, 0.5) is 0 Å². The molecule has 0 saturated carbocycles. The maximum atomic E-state index is 7.56. The van der Waals surface area contributed by atoms with Gasteiger partial charge in [0.15, 0.2) is 0 Å². The summed E-state index contributed by atoms with van der Waals surface area (Å²) in [5, 5.41) is 14.3. The third-order valence-corrected chi connectivity index (χ3v) is 0.736. The minimum Gasteiger partial charge on any atom is -0.487 e. The van der Waals surface area contributed by atoms with E-state index in [2.05, 4.69) is 69.8 Å².